The van der Waals surface area contributed by atoms with Crippen LogP contribution in [0.3, 0.4) is 0 Å². The van der Waals surface area contributed by atoms with Crippen molar-refractivity contribution in [1.82, 2.24) is 4.98 Å². The first-order valence-electron chi connectivity index (χ1n) is 14.7. The van der Waals surface area contributed by atoms with E-state index in [1.807, 2.05) is 13.1 Å². The van der Waals surface area contributed by atoms with Crippen molar-refractivity contribution < 1.29 is 9.53 Å². The normalized spacial score (nSPS) is 20.4. The Morgan fingerprint density at radius 3 is 1.82 bits per heavy atom. The largest absolute Gasteiger partial charge is 0.478 e. The molecule has 0 radical (unpaired) electrons. The molecule has 1 aromatic rings. The molecular formula is C30H50N2O2. The second-order valence-corrected chi connectivity index (χ2v) is 10.6. The zero-order chi connectivity index (χ0) is 24.0. The van der Waals surface area contributed by atoms with Gasteiger partial charge in [0.25, 0.3) is 0 Å². The number of amides is 1. The van der Waals surface area contributed by atoms with E-state index in [-0.39, 0.29) is 11.8 Å². The summed E-state index contributed by atoms with van der Waals surface area (Å²) in [6.07, 6.45) is 25.4. The first kappa shape index (κ1) is 27.0. The number of hydrogen-bond acceptors (Lipinski definition) is 3. The van der Waals surface area contributed by atoms with Crippen molar-refractivity contribution in [2.75, 3.05) is 11.9 Å². The zero-order valence-electron chi connectivity index (χ0n) is 22.1. The molecule has 0 spiro atoms. The molecule has 4 heteroatoms. The van der Waals surface area contributed by atoms with Crippen LogP contribution in [0.2, 0.25) is 0 Å². The molecule has 2 aliphatic carbocycles. The summed E-state index contributed by atoms with van der Waals surface area (Å²) in [7, 11) is 0. The Kier molecular flexibility index (Phi) is 12.3. The SMILES string of the molecule is CCOc1ncc(NC(=O)C2CCCCCCCCC2)c(C2CCCCCCCCC2)c1CC. The van der Waals surface area contributed by atoms with Crippen molar-refractivity contribution in [1.29, 1.82) is 0 Å². The topological polar surface area (TPSA) is 51.2 Å². The molecule has 1 amide bonds. The Bertz CT molecular complexity index is 713. The molecule has 1 heterocycles. The van der Waals surface area contributed by atoms with Gasteiger partial charge in [0.1, 0.15) is 0 Å². The molecule has 2 aliphatic rings. The molecule has 2 saturated carbocycles. The molecule has 2 fully saturated rings. The summed E-state index contributed by atoms with van der Waals surface area (Å²) >= 11 is 0. The highest BCUT2D eigenvalue weighted by atomic mass is 16.5. The molecule has 1 N–H and O–H groups in total. The Hall–Kier alpha value is -1.58. The second kappa shape index (κ2) is 15.4. The quantitative estimate of drug-likeness (QED) is 0.452. The number of anilines is 1. The maximum atomic E-state index is 13.5. The highest BCUT2D eigenvalue weighted by Gasteiger charge is 2.26. The average Bonchev–Trinajstić information content (AvgIpc) is 2.86. The van der Waals surface area contributed by atoms with Crippen LogP contribution in [0.15, 0.2) is 6.20 Å². The van der Waals surface area contributed by atoms with Gasteiger partial charge >= 0.3 is 0 Å². The number of carbonyl (C=O) groups is 1. The van der Waals surface area contributed by atoms with Crippen LogP contribution in [0.1, 0.15) is 146 Å². The summed E-state index contributed by atoms with van der Waals surface area (Å²) in [5, 5.41) is 3.41. The van der Waals surface area contributed by atoms with Gasteiger partial charge in [-0.25, -0.2) is 4.98 Å². The minimum Gasteiger partial charge on any atom is -0.478 e. The maximum absolute atomic E-state index is 13.5. The molecule has 3 rings (SSSR count). The van der Waals surface area contributed by atoms with E-state index in [0.717, 1.165) is 30.8 Å². The zero-order valence-corrected chi connectivity index (χ0v) is 22.1. The van der Waals surface area contributed by atoms with E-state index in [4.69, 9.17) is 9.72 Å². The summed E-state index contributed by atoms with van der Waals surface area (Å²) < 4.78 is 5.97. The summed E-state index contributed by atoms with van der Waals surface area (Å²) in [5.74, 6) is 1.60. The number of ether oxygens (including phenoxy) is 1. The van der Waals surface area contributed by atoms with Crippen molar-refractivity contribution in [3.8, 4) is 5.88 Å². The highest BCUT2D eigenvalue weighted by molar-refractivity contribution is 5.93. The van der Waals surface area contributed by atoms with Gasteiger partial charge in [-0.2, -0.15) is 0 Å². The predicted octanol–water partition coefficient (Wildman–Crippen LogP) is 8.73. The van der Waals surface area contributed by atoms with Crippen molar-refractivity contribution in [3.63, 3.8) is 0 Å². The average molecular weight is 471 g/mol. The van der Waals surface area contributed by atoms with Gasteiger partial charge in [-0.05, 0) is 50.5 Å². The van der Waals surface area contributed by atoms with E-state index in [0.29, 0.717) is 12.5 Å². The Balaban J connectivity index is 1.86. The number of carbonyl (C=O) groups excluding carboxylic acids is 1. The van der Waals surface area contributed by atoms with E-state index in [2.05, 4.69) is 12.2 Å². The molecule has 1 aromatic heterocycles. The number of pyridine rings is 1. The van der Waals surface area contributed by atoms with Gasteiger partial charge in [0.05, 0.1) is 18.5 Å². The van der Waals surface area contributed by atoms with Gasteiger partial charge < -0.3 is 10.1 Å². The maximum Gasteiger partial charge on any atom is 0.227 e. The van der Waals surface area contributed by atoms with E-state index < -0.39 is 0 Å². The molecule has 0 bridgehead atoms. The molecular weight excluding hydrogens is 420 g/mol. The van der Waals surface area contributed by atoms with Crippen LogP contribution >= 0.6 is 0 Å². The van der Waals surface area contributed by atoms with Gasteiger partial charge in [-0.3, -0.25) is 4.79 Å². The molecule has 34 heavy (non-hydrogen) atoms. The lowest BCUT2D eigenvalue weighted by Gasteiger charge is -2.27. The van der Waals surface area contributed by atoms with Crippen LogP contribution in [0.5, 0.6) is 5.88 Å². The molecule has 0 unspecified atom stereocenters. The van der Waals surface area contributed by atoms with Crippen LogP contribution in [0.4, 0.5) is 5.69 Å². The van der Waals surface area contributed by atoms with Crippen molar-refractivity contribution in [2.24, 2.45) is 5.92 Å². The number of aromatic nitrogens is 1. The lowest BCUT2D eigenvalue weighted by molar-refractivity contribution is -0.120. The molecule has 0 aliphatic heterocycles. The first-order chi connectivity index (χ1) is 16.7. The summed E-state index contributed by atoms with van der Waals surface area (Å²) in [5.41, 5.74) is 3.51. The monoisotopic (exact) mass is 470 g/mol. The number of hydrogen-bond donors (Lipinski definition) is 1. The summed E-state index contributed by atoms with van der Waals surface area (Å²) in [4.78, 5) is 18.2. The number of nitrogens with one attached hydrogen (secondary N) is 1. The standard InChI is InChI=1S/C30H50N2O2/c1-3-26-28(24-19-15-11-7-5-8-12-16-20-24)27(23-31-30(26)34-4-2)32-29(33)25-21-17-13-9-6-10-14-18-22-25/h23-25H,3-22H2,1-2H3,(H,32,33). The Morgan fingerprint density at radius 1 is 0.824 bits per heavy atom. The van der Waals surface area contributed by atoms with Gasteiger partial charge in [0.2, 0.25) is 11.8 Å². The second-order valence-electron chi connectivity index (χ2n) is 10.6. The molecule has 0 saturated heterocycles. The fourth-order valence-electron chi connectivity index (χ4n) is 6.12. The van der Waals surface area contributed by atoms with Crippen molar-refractivity contribution in [3.05, 3.63) is 17.3 Å². The fourth-order valence-corrected chi connectivity index (χ4v) is 6.12. The Labute approximate surface area is 209 Å². The molecule has 192 valence electrons. The van der Waals surface area contributed by atoms with Gasteiger partial charge in [-0.15, -0.1) is 0 Å². The van der Waals surface area contributed by atoms with E-state index in [9.17, 15) is 4.79 Å². The summed E-state index contributed by atoms with van der Waals surface area (Å²) in [6, 6.07) is 0. The van der Waals surface area contributed by atoms with Gasteiger partial charge in [0, 0.05) is 11.5 Å². The van der Waals surface area contributed by atoms with Crippen molar-refractivity contribution >= 4 is 11.6 Å². The van der Waals surface area contributed by atoms with Gasteiger partial charge in [0.15, 0.2) is 0 Å². The smallest absolute Gasteiger partial charge is 0.227 e. The van der Waals surface area contributed by atoms with E-state index >= 15 is 0 Å². The summed E-state index contributed by atoms with van der Waals surface area (Å²) in [6.45, 7) is 4.85. The highest BCUT2D eigenvalue weighted by Crippen LogP contribution is 2.40. The van der Waals surface area contributed by atoms with Crippen molar-refractivity contribution in [2.45, 2.75) is 142 Å². The minimum absolute atomic E-state index is 0.131. The van der Waals surface area contributed by atoms with Gasteiger partial charge in [-0.1, -0.05) is 96.8 Å². The third kappa shape index (κ3) is 8.27. The number of rotatable bonds is 6. The molecule has 4 nitrogen and oxygen atoms in total. The minimum atomic E-state index is 0.131. The van der Waals surface area contributed by atoms with Crippen LogP contribution in [-0.4, -0.2) is 17.5 Å². The van der Waals surface area contributed by atoms with E-state index in [1.165, 1.54) is 114 Å². The third-order valence-corrected chi connectivity index (χ3v) is 8.07. The lowest BCUT2D eigenvalue weighted by Crippen LogP contribution is -2.25. The van der Waals surface area contributed by atoms with Crippen LogP contribution in [0, 0.1) is 5.92 Å². The fraction of sp³-hybridized carbons (Fsp3) is 0.800. The number of nitrogens with zero attached hydrogens (tertiary/aromatic N) is 1. The van der Waals surface area contributed by atoms with Crippen LogP contribution in [-0.2, 0) is 11.2 Å². The molecule has 0 aromatic carbocycles. The van der Waals surface area contributed by atoms with E-state index in [1.54, 1.807) is 0 Å². The lowest BCUT2D eigenvalue weighted by atomic mass is 9.83. The van der Waals surface area contributed by atoms with Crippen LogP contribution in [0.25, 0.3) is 0 Å². The third-order valence-electron chi connectivity index (χ3n) is 8.07. The molecule has 0 atom stereocenters. The Morgan fingerprint density at radius 2 is 1.32 bits per heavy atom. The van der Waals surface area contributed by atoms with Crippen LogP contribution < -0.4 is 10.1 Å². The predicted molar refractivity (Wildman–Crippen MR) is 143 cm³/mol. The first-order valence-corrected chi connectivity index (χ1v) is 14.7.